The molecule has 0 aliphatic heterocycles. The van der Waals surface area contributed by atoms with Gasteiger partial charge in [-0.1, -0.05) is 12.1 Å². The van der Waals surface area contributed by atoms with Crippen LogP contribution in [0.25, 0.3) is 0 Å². The highest BCUT2D eigenvalue weighted by molar-refractivity contribution is 5.30. The van der Waals surface area contributed by atoms with Crippen molar-refractivity contribution in [2.75, 3.05) is 0 Å². The molecule has 80 valence electrons. The van der Waals surface area contributed by atoms with E-state index in [0.717, 1.165) is 25.0 Å². The first-order chi connectivity index (χ1) is 7.23. The van der Waals surface area contributed by atoms with Gasteiger partial charge in [0.25, 0.3) is 0 Å². The molecule has 0 radical (unpaired) electrons. The maximum absolute atomic E-state index is 9.83. The SMILES string of the molecule is OC1(Cc2cccc(OC3CC3)c2)CC1. The Kier molecular flexibility index (Phi) is 1.99. The summed E-state index contributed by atoms with van der Waals surface area (Å²) in [5.74, 6) is 0.958. The molecule has 3 rings (SSSR count). The molecule has 2 heteroatoms. The Morgan fingerprint density at radius 3 is 2.80 bits per heavy atom. The van der Waals surface area contributed by atoms with E-state index in [1.165, 1.54) is 18.4 Å². The van der Waals surface area contributed by atoms with Gasteiger partial charge in [0.05, 0.1) is 11.7 Å². The lowest BCUT2D eigenvalue weighted by Gasteiger charge is -2.09. The molecule has 0 saturated heterocycles. The summed E-state index contributed by atoms with van der Waals surface area (Å²) in [4.78, 5) is 0. The van der Waals surface area contributed by atoms with Crippen molar-refractivity contribution in [3.05, 3.63) is 29.8 Å². The Morgan fingerprint density at radius 1 is 1.33 bits per heavy atom. The normalized spacial score (nSPS) is 22.5. The molecule has 0 atom stereocenters. The van der Waals surface area contributed by atoms with E-state index in [0.29, 0.717) is 6.10 Å². The lowest BCUT2D eigenvalue weighted by Crippen LogP contribution is -2.10. The van der Waals surface area contributed by atoms with E-state index in [1.54, 1.807) is 0 Å². The molecular formula is C13H16O2. The second kappa shape index (κ2) is 3.24. The van der Waals surface area contributed by atoms with Gasteiger partial charge in [0.15, 0.2) is 0 Å². The summed E-state index contributed by atoms with van der Waals surface area (Å²) in [6.45, 7) is 0. The minimum absolute atomic E-state index is 0.405. The fourth-order valence-corrected chi connectivity index (χ4v) is 1.81. The van der Waals surface area contributed by atoms with Gasteiger partial charge in [-0.25, -0.2) is 0 Å². The Morgan fingerprint density at radius 2 is 2.13 bits per heavy atom. The van der Waals surface area contributed by atoms with Gasteiger partial charge in [-0.2, -0.15) is 0 Å². The van der Waals surface area contributed by atoms with E-state index < -0.39 is 5.60 Å². The molecule has 0 amide bonds. The fourth-order valence-electron chi connectivity index (χ4n) is 1.81. The van der Waals surface area contributed by atoms with Crippen molar-refractivity contribution in [3.8, 4) is 5.75 Å². The van der Waals surface area contributed by atoms with Crippen LogP contribution in [0.1, 0.15) is 31.2 Å². The number of hydrogen-bond acceptors (Lipinski definition) is 2. The predicted octanol–water partition coefficient (Wildman–Crippen LogP) is 2.30. The third-order valence-electron chi connectivity index (χ3n) is 3.09. The molecule has 1 aromatic rings. The zero-order chi connectivity index (χ0) is 10.3. The van der Waals surface area contributed by atoms with E-state index in [9.17, 15) is 5.11 Å². The molecule has 2 fully saturated rings. The molecule has 15 heavy (non-hydrogen) atoms. The molecule has 2 nitrogen and oxygen atoms in total. The van der Waals surface area contributed by atoms with Gasteiger partial charge in [-0.3, -0.25) is 0 Å². The molecule has 0 spiro atoms. The second-order valence-electron chi connectivity index (χ2n) is 4.87. The third kappa shape index (κ3) is 2.32. The van der Waals surface area contributed by atoms with Crippen molar-refractivity contribution in [2.45, 2.75) is 43.8 Å². The topological polar surface area (TPSA) is 29.5 Å². The fraction of sp³-hybridized carbons (Fsp3) is 0.538. The van der Waals surface area contributed by atoms with Gasteiger partial charge >= 0.3 is 0 Å². The number of benzene rings is 1. The van der Waals surface area contributed by atoms with Crippen molar-refractivity contribution in [3.63, 3.8) is 0 Å². The summed E-state index contributed by atoms with van der Waals surface area (Å²) >= 11 is 0. The molecule has 2 saturated carbocycles. The summed E-state index contributed by atoms with van der Waals surface area (Å²) in [5.41, 5.74) is 0.784. The van der Waals surface area contributed by atoms with Gasteiger partial charge in [-0.05, 0) is 43.4 Å². The van der Waals surface area contributed by atoms with Crippen LogP contribution >= 0.6 is 0 Å². The Balaban J connectivity index is 1.70. The minimum atomic E-state index is -0.405. The van der Waals surface area contributed by atoms with Crippen molar-refractivity contribution in [2.24, 2.45) is 0 Å². The van der Waals surface area contributed by atoms with Gasteiger partial charge < -0.3 is 9.84 Å². The van der Waals surface area contributed by atoms with Gasteiger partial charge in [0.2, 0.25) is 0 Å². The van der Waals surface area contributed by atoms with Crippen LogP contribution in [-0.4, -0.2) is 16.8 Å². The highest BCUT2D eigenvalue weighted by Crippen LogP contribution is 2.38. The van der Waals surface area contributed by atoms with Crippen LogP contribution in [0.3, 0.4) is 0 Å². The molecule has 1 N–H and O–H groups in total. The van der Waals surface area contributed by atoms with Crippen LogP contribution in [0.4, 0.5) is 0 Å². The third-order valence-corrected chi connectivity index (χ3v) is 3.09. The van der Waals surface area contributed by atoms with Crippen LogP contribution in [0, 0.1) is 0 Å². The first kappa shape index (κ1) is 9.22. The molecule has 0 unspecified atom stereocenters. The van der Waals surface area contributed by atoms with E-state index in [4.69, 9.17) is 4.74 Å². The highest BCUT2D eigenvalue weighted by Gasteiger charge is 2.40. The minimum Gasteiger partial charge on any atom is -0.490 e. The predicted molar refractivity (Wildman–Crippen MR) is 58.0 cm³/mol. The zero-order valence-electron chi connectivity index (χ0n) is 8.78. The highest BCUT2D eigenvalue weighted by atomic mass is 16.5. The Bertz CT molecular complexity index is 365. The molecule has 0 aromatic heterocycles. The maximum atomic E-state index is 9.83. The van der Waals surface area contributed by atoms with E-state index in [2.05, 4.69) is 12.1 Å². The van der Waals surface area contributed by atoms with Crippen LogP contribution in [-0.2, 0) is 6.42 Å². The molecule has 0 heterocycles. The standard InChI is InChI=1S/C13H16O2/c14-13(6-7-13)9-10-2-1-3-12(8-10)15-11-4-5-11/h1-3,8,11,14H,4-7,9H2. The first-order valence-corrected chi connectivity index (χ1v) is 5.72. The Labute approximate surface area is 89.9 Å². The van der Waals surface area contributed by atoms with Crippen molar-refractivity contribution < 1.29 is 9.84 Å². The number of ether oxygens (including phenoxy) is 1. The summed E-state index contributed by atoms with van der Waals surface area (Å²) in [6, 6.07) is 8.14. The van der Waals surface area contributed by atoms with Crippen LogP contribution < -0.4 is 4.74 Å². The van der Waals surface area contributed by atoms with Crippen LogP contribution in [0.15, 0.2) is 24.3 Å². The largest absolute Gasteiger partial charge is 0.490 e. The van der Waals surface area contributed by atoms with Gasteiger partial charge in [0.1, 0.15) is 5.75 Å². The zero-order valence-corrected chi connectivity index (χ0v) is 8.78. The average molecular weight is 204 g/mol. The van der Waals surface area contributed by atoms with Crippen LogP contribution in [0.2, 0.25) is 0 Å². The monoisotopic (exact) mass is 204 g/mol. The molecule has 1 aromatic carbocycles. The lowest BCUT2D eigenvalue weighted by atomic mass is 10.1. The molecule has 2 aliphatic carbocycles. The number of rotatable bonds is 4. The maximum Gasteiger partial charge on any atom is 0.119 e. The summed E-state index contributed by atoms with van der Waals surface area (Å²) < 4.78 is 5.72. The Hall–Kier alpha value is -1.02. The lowest BCUT2D eigenvalue weighted by molar-refractivity contribution is 0.151. The van der Waals surface area contributed by atoms with E-state index in [-0.39, 0.29) is 0 Å². The first-order valence-electron chi connectivity index (χ1n) is 5.72. The van der Waals surface area contributed by atoms with Crippen molar-refractivity contribution in [1.29, 1.82) is 0 Å². The number of hydrogen-bond donors (Lipinski definition) is 1. The smallest absolute Gasteiger partial charge is 0.119 e. The van der Waals surface area contributed by atoms with Gasteiger partial charge in [0, 0.05) is 6.42 Å². The summed E-state index contributed by atoms with van der Waals surface area (Å²) in [7, 11) is 0. The van der Waals surface area contributed by atoms with Crippen molar-refractivity contribution in [1.82, 2.24) is 0 Å². The number of aliphatic hydroxyl groups is 1. The molecule has 2 aliphatic rings. The molecular weight excluding hydrogens is 188 g/mol. The molecule has 0 bridgehead atoms. The average Bonchev–Trinajstić information content (AvgIpc) is 3.07. The van der Waals surface area contributed by atoms with E-state index >= 15 is 0 Å². The summed E-state index contributed by atoms with van der Waals surface area (Å²) in [5, 5.41) is 9.83. The van der Waals surface area contributed by atoms with Gasteiger partial charge in [-0.15, -0.1) is 0 Å². The van der Waals surface area contributed by atoms with E-state index in [1.807, 2.05) is 12.1 Å². The van der Waals surface area contributed by atoms with Crippen LogP contribution in [0.5, 0.6) is 5.75 Å². The second-order valence-corrected chi connectivity index (χ2v) is 4.87. The quantitative estimate of drug-likeness (QED) is 0.815. The summed E-state index contributed by atoms with van der Waals surface area (Å²) in [6.07, 6.45) is 5.49. The van der Waals surface area contributed by atoms with Crippen molar-refractivity contribution >= 4 is 0 Å².